The number of rotatable bonds is 45. The number of aryl methyl sites for hydroxylation is 3. The van der Waals surface area contributed by atoms with E-state index >= 15 is 0 Å². The zero-order chi connectivity index (χ0) is 55.1. The molecule has 3 aromatic rings. The van der Waals surface area contributed by atoms with Gasteiger partial charge >= 0.3 is 40.8 Å². The average molecular weight is 1140 g/mol. The fraction of sp³-hybridized carbons (Fsp3) is 0.700. The zero-order valence-corrected chi connectivity index (χ0v) is 52.0. The van der Waals surface area contributed by atoms with E-state index in [-0.39, 0.29) is 37.2 Å². The molecule has 432 valence electrons. The minimum Gasteiger partial charge on any atom is -0.746 e. The maximum atomic E-state index is 11.4. The van der Waals surface area contributed by atoms with Crippen LogP contribution in [0.1, 0.15) is 251 Å². The topological polar surface area (TPSA) is 176 Å². The summed E-state index contributed by atoms with van der Waals surface area (Å²) in [7, 11) is -12.7. The predicted octanol–water partition coefficient (Wildman–Crippen LogP) is 17.7. The van der Waals surface area contributed by atoms with Crippen molar-refractivity contribution in [2.24, 2.45) is 0 Å². The number of phosphoric ester groups is 3. The Bertz CT molecular complexity index is 1690. The molecule has 0 amide bonds. The second-order valence-corrected chi connectivity index (χ2v) is 23.6. The van der Waals surface area contributed by atoms with Gasteiger partial charge in [-0.15, -0.1) is 0 Å². The summed E-state index contributed by atoms with van der Waals surface area (Å²) in [5.74, 6) is 0.913. The van der Waals surface area contributed by atoms with Crippen LogP contribution in [0, 0.1) is 0 Å². The molecule has 0 saturated carbocycles. The first-order chi connectivity index (χ1) is 36.2. The van der Waals surface area contributed by atoms with E-state index in [1.807, 2.05) is 36.4 Å². The van der Waals surface area contributed by atoms with Crippen LogP contribution in [0.5, 0.6) is 17.2 Å². The Kier molecular flexibility index (Phi) is 47.6. The Balaban J connectivity index is 0.00000110. The summed E-state index contributed by atoms with van der Waals surface area (Å²) in [4.78, 5) is 34.3. The van der Waals surface area contributed by atoms with Crippen molar-refractivity contribution >= 4 is 40.8 Å². The third kappa shape index (κ3) is 43.9. The van der Waals surface area contributed by atoms with E-state index in [1.54, 1.807) is 57.2 Å². The molecule has 3 unspecified atom stereocenters. The molecule has 0 heterocycles. The Hall–Kier alpha value is -1.96. The van der Waals surface area contributed by atoms with Gasteiger partial charge in [0.05, 0.1) is 19.8 Å². The molecule has 76 heavy (non-hydrogen) atoms. The van der Waals surface area contributed by atoms with Crippen molar-refractivity contribution in [1.29, 1.82) is 0 Å². The molecule has 0 aliphatic heterocycles. The molecule has 0 radical (unpaired) electrons. The van der Waals surface area contributed by atoms with Crippen molar-refractivity contribution in [3.63, 3.8) is 0 Å². The van der Waals surface area contributed by atoms with Gasteiger partial charge in [-0.3, -0.25) is 13.7 Å². The van der Waals surface area contributed by atoms with Gasteiger partial charge in [-0.25, -0.2) is 0 Å². The molecule has 0 fully saturated rings. The Morgan fingerprint density at radius 1 is 0.289 bits per heavy atom. The summed E-state index contributed by atoms with van der Waals surface area (Å²) in [5.41, 5.74) is 3.64. The van der Waals surface area contributed by atoms with Crippen molar-refractivity contribution in [3.8, 4) is 17.2 Å². The Morgan fingerprint density at radius 2 is 0.461 bits per heavy atom. The third-order valence-corrected chi connectivity index (χ3v) is 15.8. The Labute approximate surface area is 473 Å². The summed E-state index contributed by atoms with van der Waals surface area (Å²) in [6.07, 6.45) is 43.0. The van der Waals surface area contributed by atoms with Crippen molar-refractivity contribution in [3.05, 3.63) is 89.5 Å². The quantitative estimate of drug-likeness (QED) is 0.0298. The molecule has 0 N–H and O–H groups in total. The third-order valence-electron chi connectivity index (χ3n) is 12.7. The number of unbranched alkanes of at least 4 members (excludes halogenated alkanes) is 27. The summed E-state index contributed by atoms with van der Waals surface area (Å²) < 4.78 is 62.7. The van der Waals surface area contributed by atoms with E-state index in [9.17, 15) is 28.4 Å². The maximum Gasteiger partial charge on any atom is 3.00 e. The van der Waals surface area contributed by atoms with Gasteiger partial charge in [0.25, 0.3) is 0 Å². The van der Waals surface area contributed by atoms with Crippen molar-refractivity contribution in [2.45, 2.75) is 253 Å². The minimum atomic E-state index is -4.23. The molecule has 12 nitrogen and oxygen atoms in total. The first-order valence-corrected chi connectivity index (χ1v) is 33.8. The second-order valence-electron chi connectivity index (χ2n) is 19.6. The van der Waals surface area contributed by atoms with Crippen LogP contribution in [0.4, 0.5) is 0 Å². The fourth-order valence-corrected chi connectivity index (χ4v) is 10.8. The van der Waals surface area contributed by atoms with Gasteiger partial charge in [-0.05, 0) is 112 Å². The number of hydrogen-bond acceptors (Lipinski definition) is 12. The van der Waals surface area contributed by atoms with Crippen LogP contribution >= 0.6 is 23.5 Å². The summed E-state index contributed by atoms with van der Waals surface area (Å²) in [6.45, 7) is 11.8. The van der Waals surface area contributed by atoms with Crippen LogP contribution in [-0.4, -0.2) is 37.2 Å². The molecule has 0 aromatic heterocycles. The minimum absolute atomic E-state index is 0. The van der Waals surface area contributed by atoms with Crippen molar-refractivity contribution in [2.75, 3.05) is 19.8 Å². The summed E-state index contributed by atoms with van der Waals surface area (Å²) in [5, 5.41) is 0. The molecule has 0 spiro atoms. The smallest absolute Gasteiger partial charge is 0.746 e. The normalized spacial score (nSPS) is 13.4. The monoisotopic (exact) mass is 1130 g/mol. The molecule has 0 saturated heterocycles. The first-order valence-electron chi connectivity index (χ1n) is 29.4. The number of phosphoric acid groups is 3. The van der Waals surface area contributed by atoms with Gasteiger partial charge in [-0.1, -0.05) is 231 Å². The van der Waals surface area contributed by atoms with Crippen LogP contribution in [0.25, 0.3) is 0 Å². The number of hydrogen-bond donors (Lipinski definition) is 0. The van der Waals surface area contributed by atoms with E-state index < -0.39 is 23.5 Å². The summed E-state index contributed by atoms with van der Waals surface area (Å²) >= 11 is 0. The van der Waals surface area contributed by atoms with E-state index in [2.05, 4.69) is 34.3 Å². The van der Waals surface area contributed by atoms with Crippen LogP contribution in [-0.2, 0) is 46.5 Å². The molecule has 0 bridgehead atoms. The molecular weight excluding hydrogens is 1030 g/mol. The zero-order valence-electron chi connectivity index (χ0n) is 48.2. The maximum absolute atomic E-state index is 11.4. The van der Waals surface area contributed by atoms with Crippen molar-refractivity contribution < 1.29 is 55.5 Å². The fourth-order valence-electron chi connectivity index (χ4n) is 8.54. The van der Waals surface area contributed by atoms with Gasteiger partial charge in [-0.2, -0.15) is 0 Å². The van der Waals surface area contributed by atoms with Crippen LogP contribution in [0.15, 0.2) is 72.8 Å². The van der Waals surface area contributed by atoms with Crippen molar-refractivity contribution in [1.82, 2.24) is 0 Å². The van der Waals surface area contributed by atoms with Gasteiger partial charge in [0.2, 0.25) is 0 Å². The molecule has 3 aromatic carbocycles. The van der Waals surface area contributed by atoms with Gasteiger partial charge in [0, 0.05) is 0 Å². The molecule has 0 aliphatic carbocycles. The van der Waals surface area contributed by atoms with E-state index in [0.29, 0.717) is 17.2 Å². The van der Waals surface area contributed by atoms with Gasteiger partial charge in [0.1, 0.15) is 17.2 Å². The SMILES string of the molecule is CCCCCCCCCCCCc1ccc(OP(=O)([O-])OCC)cc1.CCCCCCCCCCCCc1ccc(OP(=O)([O-])OCC)cc1.CCCCCCCCCCCCc1ccc(OP(=O)([O-])OCC)cc1.[Al+3]. The molecule has 3 atom stereocenters. The van der Waals surface area contributed by atoms with E-state index in [4.69, 9.17) is 13.6 Å². The standard InChI is InChI=1S/3C20H35O4P.Al/c3*1-3-5-6-7-8-9-10-11-12-13-14-19-15-17-20(18-16-19)24-25(21,22)23-4-2;/h3*15-18H,3-14H2,1-2H3,(H,21,22);/q;;;+3/p-3. The number of benzene rings is 3. The second kappa shape index (κ2) is 48.9. The van der Waals surface area contributed by atoms with Gasteiger partial charge in [0.15, 0.2) is 0 Å². The molecule has 16 heteroatoms. The average Bonchev–Trinajstić information content (AvgIpc) is 3.37. The van der Waals surface area contributed by atoms with Crippen LogP contribution < -0.4 is 28.3 Å². The van der Waals surface area contributed by atoms with E-state index in [0.717, 1.165) is 19.3 Å². The van der Waals surface area contributed by atoms with Crippen LogP contribution in [0.3, 0.4) is 0 Å². The molecular formula is C60H102AlO12P3. The largest absolute Gasteiger partial charge is 3.00 e. The molecule has 3 rings (SSSR count). The van der Waals surface area contributed by atoms with E-state index in [1.165, 1.54) is 209 Å². The Morgan fingerprint density at radius 3 is 0.632 bits per heavy atom. The predicted molar refractivity (Wildman–Crippen MR) is 311 cm³/mol. The van der Waals surface area contributed by atoms with Gasteiger partial charge < -0.3 is 41.8 Å². The first kappa shape index (κ1) is 74.0. The molecule has 0 aliphatic rings. The van der Waals surface area contributed by atoms with Crippen LogP contribution in [0.2, 0.25) is 0 Å². The summed E-state index contributed by atoms with van der Waals surface area (Å²) in [6, 6.07) is 21.7.